The second-order valence-electron chi connectivity index (χ2n) is 5.12. The minimum absolute atomic E-state index is 0. The third-order valence-corrected chi connectivity index (χ3v) is 3.31. The molecular formula is C17H18F4IN3. The number of aliphatic imine (C=N–C) groups is 1. The molecule has 0 aromatic heterocycles. The zero-order chi connectivity index (χ0) is 17.5. The van der Waals surface area contributed by atoms with Crippen LogP contribution < -0.4 is 10.6 Å². The van der Waals surface area contributed by atoms with Crippen LogP contribution in [0.15, 0.2) is 41.4 Å². The quantitative estimate of drug-likeness (QED) is 0.304. The molecule has 0 aliphatic carbocycles. The zero-order valence-electron chi connectivity index (χ0n) is 13.5. The van der Waals surface area contributed by atoms with E-state index in [4.69, 9.17) is 0 Å². The van der Waals surface area contributed by atoms with E-state index in [1.165, 1.54) is 19.2 Å². The minimum Gasteiger partial charge on any atom is -0.356 e. The lowest BCUT2D eigenvalue weighted by molar-refractivity contribution is 0.578. The summed E-state index contributed by atoms with van der Waals surface area (Å²) in [4.78, 5) is 3.95. The van der Waals surface area contributed by atoms with Crippen molar-refractivity contribution in [2.24, 2.45) is 4.99 Å². The van der Waals surface area contributed by atoms with Gasteiger partial charge in [0, 0.05) is 31.8 Å². The Kier molecular flexibility index (Phi) is 8.67. The standard InChI is InChI=1S/C17H17F4N3.HI/c1-22-17(24-10-12-8-13(18)2-3-16(12)21)23-5-4-11-6-14(19)9-15(20)7-11;/h2-3,6-9H,4-5,10H2,1H3,(H2,22,23,24);1H. The van der Waals surface area contributed by atoms with Crippen molar-refractivity contribution in [3.63, 3.8) is 0 Å². The Hall–Kier alpha value is -1.84. The van der Waals surface area contributed by atoms with Crippen LogP contribution in [-0.4, -0.2) is 19.6 Å². The Labute approximate surface area is 160 Å². The first-order valence-corrected chi connectivity index (χ1v) is 7.31. The molecule has 0 saturated heterocycles. The summed E-state index contributed by atoms with van der Waals surface area (Å²) in [5, 5.41) is 5.79. The molecule has 0 atom stereocenters. The molecule has 2 aromatic rings. The molecule has 3 nitrogen and oxygen atoms in total. The summed E-state index contributed by atoms with van der Waals surface area (Å²) in [6, 6.07) is 6.52. The summed E-state index contributed by atoms with van der Waals surface area (Å²) in [5.74, 6) is -1.93. The summed E-state index contributed by atoms with van der Waals surface area (Å²) in [6.45, 7) is 0.423. The highest BCUT2D eigenvalue weighted by molar-refractivity contribution is 14.0. The second kappa shape index (κ2) is 10.2. The zero-order valence-corrected chi connectivity index (χ0v) is 15.8. The number of nitrogens with one attached hydrogen (secondary N) is 2. The number of halogens is 5. The lowest BCUT2D eigenvalue weighted by Crippen LogP contribution is -2.38. The average Bonchev–Trinajstić information content (AvgIpc) is 2.52. The van der Waals surface area contributed by atoms with E-state index in [1.807, 2.05) is 0 Å². The molecule has 136 valence electrons. The van der Waals surface area contributed by atoms with E-state index in [2.05, 4.69) is 15.6 Å². The van der Waals surface area contributed by atoms with Crippen molar-refractivity contribution in [3.05, 3.63) is 70.8 Å². The van der Waals surface area contributed by atoms with Gasteiger partial charge in [-0.1, -0.05) is 0 Å². The van der Waals surface area contributed by atoms with Gasteiger partial charge in [0.1, 0.15) is 23.3 Å². The molecule has 0 saturated carbocycles. The number of benzene rings is 2. The van der Waals surface area contributed by atoms with Crippen LogP contribution in [0.1, 0.15) is 11.1 Å². The third-order valence-electron chi connectivity index (χ3n) is 3.31. The maximum Gasteiger partial charge on any atom is 0.191 e. The molecule has 2 N–H and O–H groups in total. The number of guanidine groups is 1. The van der Waals surface area contributed by atoms with Crippen LogP contribution in [-0.2, 0) is 13.0 Å². The van der Waals surface area contributed by atoms with Gasteiger partial charge in [-0.2, -0.15) is 0 Å². The van der Waals surface area contributed by atoms with Gasteiger partial charge in [0.25, 0.3) is 0 Å². The normalized spacial score (nSPS) is 11.0. The van der Waals surface area contributed by atoms with Gasteiger partial charge in [0.05, 0.1) is 0 Å². The summed E-state index contributed by atoms with van der Waals surface area (Å²) >= 11 is 0. The molecule has 0 unspecified atom stereocenters. The van der Waals surface area contributed by atoms with Crippen molar-refractivity contribution in [1.29, 1.82) is 0 Å². The topological polar surface area (TPSA) is 36.4 Å². The van der Waals surface area contributed by atoms with Gasteiger partial charge in [-0.3, -0.25) is 4.99 Å². The van der Waals surface area contributed by atoms with Crippen LogP contribution >= 0.6 is 24.0 Å². The second-order valence-corrected chi connectivity index (χ2v) is 5.12. The molecule has 2 aromatic carbocycles. The van der Waals surface area contributed by atoms with Crippen LogP contribution in [0.4, 0.5) is 17.6 Å². The monoisotopic (exact) mass is 467 g/mol. The summed E-state index contributed by atoms with van der Waals surface area (Å²) < 4.78 is 52.8. The van der Waals surface area contributed by atoms with Crippen molar-refractivity contribution in [3.8, 4) is 0 Å². The fourth-order valence-corrected chi connectivity index (χ4v) is 2.16. The van der Waals surface area contributed by atoms with Crippen LogP contribution in [0.25, 0.3) is 0 Å². The number of hydrogen-bond donors (Lipinski definition) is 2. The van der Waals surface area contributed by atoms with E-state index >= 15 is 0 Å². The van der Waals surface area contributed by atoms with E-state index in [0.717, 1.165) is 24.3 Å². The Morgan fingerprint density at radius 2 is 1.60 bits per heavy atom. The van der Waals surface area contributed by atoms with Gasteiger partial charge in [-0.05, 0) is 42.3 Å². The van der Waals surface area contributed by atoms with Crippen molar-refractivity contribution >= 4 is 29.9 Å². The van der Waals surface area contributed by atoms with Crippen LogP contribution in [0, 0.1) is 23.3 Å². The molecule has 0 heterocycles. The lowest BCUT2D eigenvalue weighted by atomic mass is 10.1. The molecule has 0 radical (unpaired) electrons. The average molecular weight is 467 g/mol. The number of rotatable bonds is 5. The smallest absolute Gasteiger partial charge is 0.191 e. The van der Waals surface area contributed by atoms with E-state index in [1.54, 1.807) is 0 Å². The number of hydrogen-bond acceptors (Lipinski definition) is 1. The maximum absolute atomic E-state index is 13.5. The fourth-order valence-electron chi connectivity index (χ4n) is 2.16. The van der Waals surface area contributed by atoms with Crippen LogP contribution in [0.2, 0.25) is 0 Å². The maximum atomic E-state index is 13.5. The first kappa shape index (κ1) is 21.2. The lowest BCUT2D eigenvalue weighted by Gasteiger charge is -2.12. The molecular weight excluding hydrogens is 449 g/mol. The van der Waals surface area contributed by atoms with Gasteiger partial charge in [0.15, 0.2) is 5.96 Å². The van der Waals surface area contributed by atoms with E-state index in [0.29, 0.717) is 24.5 Å². The minimum atomic E-state index is -0.630. The summed E-state index contributed by atoms with van der Waals surface area (Å²) in [6.07, 6.45) is 0.379. The Bertz CT molecular complexity index is 718. The highest BCUT2D eigenvalue weighted by atomic mass is 127. The van der Waals surface area contributed by atoms with Crippen molar-refractivity contribution in [2.75, 3.05) is 13.6 Å². The SMILES string of the molecule is CN=C(NCCc1cc(F)cc(F)c1)NCc1cc(F)ccc1F.I. The highest BCUT2D eigenvalue weighted by Gasteiger charge is 2.06. The summed E-state index contributed by atoms with van der Waals surface area (Å²) in [7, 11) is 1.53. The molecule has 0 aliphatic heterocycles. The first-order chi connectivity index (χ1) is 11.5. The Morgan fingerprint density at radius 3 is 2.24 bits per heavy atom. The van der Waals surface area contributed by atoms with Crippen molar-refractivity contribution < 1.29 is 17.6 Å². The number of nitrogens with zero attached hydrogens (tertiary/aromatic N) is 1. The fraction of sp³-hybridized carbons (Fsp3) is 0.235. The van der Waals surface area contributed by atoms with Crippen molar-refractivity contribution in [1.82, 2.24) is 10.6 Å². The molecule has 8 heteroatoms. The van der Waals surface area contributed by atoms with Crippen LogP contribution in [0.5, 0.6) is 0 Å². The van der Waals surface area contributed by atoms with Gasteiger partial charge < -0.3 is 10.6 Å². The van der Waals surface area contributed by atoms with E-state index < -0.39 is 23.3 Å². The van der Waals surface area contributed by atoms with Crippen molar-refractivity contribution in [2.45, 2.75) is 13.0 Å². The van der Waals surface area contributed by atoms with Gasteiger partial charge in [0.2, 0.25) is 0 Å². The van der Waals surface area contributed by atoms with Crippen LogP contribution in [0.3, 0.4) is 0 Å². The van der Waals surface area contributed by atoms with Gasteiger partial charge in [-0.15, -0.1) is 24.0 Å². The largest absolute Gasteiger partial charge is 0.356 e. The molecule has 0 spiro atoms. The molecule has 0 bridgehead atoms. The molecule has 0 aliphatic rings. The van der Waals surface area contributed by atoms with E-state index in [-0.39, 0.29) is 36.1 Å². The molecule has 0 amide bonds. The summed E-state index contributed by atoms with van der Waals surface area (Å²) in [5.41, 5.74) is 0.678. The van der Waals surface area contributed by atoms with Gasteiger partial charge in [-0.25, -0.2) is 17.6 Å². The molecule has 0 fully saturated rings. The first-order valence-electron chi connectivity index (χ1n) is 7.31. The van der Waals surface area contributed by atoms with Gasteiger partial charge >= 0.3 is 0 Å². The Balaban J connectivity index is 0.00000312. The predicted molar refractivity (Wildman–Crippen MR) is 100 cm³/mol. The molecule has 25 heavy (non-hydrogen) atoms. The highest BCUT2D eigenvalue weighted by Crippen LogP contribution is 2.09. The Morgan fingerprint density at radius 1 is 0.920 bits per heavy atom. The third kappa shape index (κ3) is 6.89. The molecule has 2 rings (SSSR count). The van der Waals surface area contributed by atoms with E-state index in [9.17, 15) is 17.6 Å². The predicted octanol–water partition coefficient (Wildman–Crippen LogP) is 3.77.